The van der Waals surface area contributed by atoms with Gasteiger partial charge in [-0.15, -0.1) is 0 Å². The predicted molar refractivity (Wildman–Crippen MR) is 123 cm³/mol. The molecule has 0 aromatic rings. The Kier molecular flexibility index (Phi) is 13.4. The molecule has 13 nitrogen and oxygen atoms in total. The van der Waals surface area contributed by atoms with Gasteiger partial charge in [-0.1, -0.05) is 27.7 Å². The first-order valence-electron chi connectivity index (χ1n) is 11.1. The topological polar surface area (TPSA) is 237 Å². The molecule has 0 fully saturated rings. The molecule has 0 aromatic carbocycles. The van der Waals surface area contributed by atoms with E-state index in [4.69, 9.17) is 17.2 Å². The first-order chi connectivity index (χ1) is 15.6. The minimum Gasteiger partial charge on any atom is -0.480 e. The highest BCUT2D eigenvalue weighted by molar-refractivity contribution is 5.96. The van der Waals surface area contributed by atoms with Crippen LogP contribution in [0.4, 0.5) is 0 Å². The molecule has 0 spiro atoms. The zero-order valence-corrected chi connectivity index (χ0v) is 20.1. The van der Waals surface area contributed by atoms with Crippen molar-refractivity contribution in [2.45, 2.75) is 84.0 Å². The van der Waals surface area contributed by atoms with Crippen LogP contribution in [0.1, 0.15) is 59.8 Å². The Bertz CT molecular complexity index is 756. The maximum Gasteiger partial charge on any atom is 0.326 e. The van der Waals surface area contributed by atoms with Crippen molar-refractivity contribution < 1.29 is 33.9 Å². The van der Waals surface area contributed by atoms with Gasteiger partial charge in [0.25, 0.3) is 0 Å². The van der Waals surface area contributed by atoms with Crippen LogP contribution in [-0.4, -0.2) is 64.8 Å². The summed E-state index contributed by atoms with van der Waals surface area (Å²) in [5, 5.41) is 16.5. The lowest BCUT2D eigenvalue weighted by Gasteiger charge is -2.26. The van der Waals surface area contributed by atoms with Crippen molar-refractivity contribution in [1.29, 1.82) is 0 Å². The van der Waals surface area contributed by atoms with Gasteiger partial charge in [0.15, 0.2) is 0 Å². The molecule has 13 heteroatoms. The Labute approximate surface area is 198 Å². The van der Waals surface area contributed by atoms with Crippen LogP contribution in [0.5, 0.6) is 0 Å². The molecule has 0 radical (unpaired) electrons. The average Bonchev–Trinajstić information content (AvgIpc) is 2.68. The highest BCUT2D eigenvalue weighted by atomic mass is 16.4. The molecule has 0 aliphatic rings. The average molecular weight is 487 g/mol. The first kappa shape index (κ1) is 30.8. The molecule has 4 atom stereocenters. The standard InChI is InChI=1S/C21H38N6O7/c1-10(2)7-13(25-18(30)12(22)5-6-16(23)28)19(31)26-14(9-17(24)29)20(32)27-15(21(33)34)8-11(3)4/h10-15H,5-9,22H2,1-4H3,(H2,23,28)(H2,24,29)(H,25,30)(H,26,31)(H,27,32)(H,33,34). The summed E-state index contributed by atoms with van der Waals surface area (Å²) < 4.78 is 0. The fourth-order valence-corrected chi connectivity index (χ4v) is 3.06. The fourth-order valence-electron chi connectivity index (χ4n) is 3.06. The van der Waals surface area contributed by atoms with Gasteiger partial charge in [0.2, 0.25) is 29.5 Å². The normalized spacial score (nSPS) is 14.6. The molecule has 0 saturated heterocycles. The molecule has 4 unspecified atom stereocenters. The number of carbonyl (C=O) groups excluding carboxylic acids is 5. The molecule has 0 saturated carbocycles. The highest BCUT2D eigenvalue weighted by Gasteiger charge is 2.31. The SMILES string of the molecule is CC(C)CC(NC(=O)C(CC(N)=O)NC(=O)C(CC(C)C)NC(=O)C(N)CCC(N)=O)C(=O)O. The van der Waals surface area contributed by atoms with Crippen molar-refractivity contribution in [3.63, 3.8) is 0 Å². The number of nitrogens with one attached hydrogen (secondary N) is 3. The van der Waals surface area contributed by atoms with Crippen molar-refractivity contribution in [1.82, 2.24) is 16.0 Å². The molecule has 5 amide bonds. The van der Waals surface area contributed by atoms with Crippen molar-refractivity contribution in [2.75, 3.05) is 0 Å². The summed E-state index contributed by atoms with van der Waals surface area (Å²) in [5.74, 6) is -5.25. The number of carbonyl (C=O) groups is 6. The van der Waals surface area contributed by atoms with Crippen LogP contribution in [0.3, 0.4) is 0 Å². The van der Waals surface area contributed by atoms with Crippen molar-refractivity contribution in [3.05, 3.63) is 0 Å². The molecule has 0 aliphatic heterocycles. The summed E-state index contributed by atoms with van der Waals surface area (Å²) in [6, 6.07) is -4.88. The van der Waals surface area contributed by atoms with E-state index in [1.807, 2.05) is 0 Å². The Morgan fingerprint density at radius 3 is 1.59 bits per heavy atom. The summed E-state index contributed by atoms with van der Waals surface area (Å²) >= 11 is 0. The number of nitrogens with two attached hydrogens (primary N) is 3. The molecule has 0 heterocycles. The number of aliphatic carboxylic acids is 1. The van der Waals surface area contributed by atoms with Gasteiger partial charge in [0, 0.05) is 6.42 Å². The second kappa shape index (κ2) is 14.8. The molecule has 0 bridgehead atoms. The zero-order chi connectivity index (χ0) is 26.6. The maximum absolute atomic E-state index is 12.9. The van der Waals surface area contributed by atoms with Crippen LogP contribution in [0.25, 0.3) is 0 Å². The lowest BCUT2D eigenvalue weighted by molar-refractivity contribution is -0.143. The molecular formula is C21H38N6O7. The van der Waals surface area contributed by atoms with Gasteiger partial charge < -0.3 is 38.3 Å². The Hall–Kier alpha value is -3.22. The zero-order valence-electron chi connectivity index (χ0n) is 20.1. The second-order valence-corrected chi connectivity index (χ2v) is 9.06. The van der Waals surface area contributed by atoms with Gasteiger partial charge in [-0.05, 0) is 31.1 Å². The van der Waals surface area contributed by atoms with E-state index in [1.54, 1.807) is 27.7 Å². The molecule has 34 heavy (non-hydrogen) atoms. The molecule has 0 aromatic heterocycles. The second-order valence-electron chi connectivity index (χ2n) is 9.06. The van der Waals surface area contributed by atoms with Crippen molar-refractivity contribution in [3.8, 4) is 0 Å². The lowest BCUT2D eigenvalue weighted by atomic mass is 10.0. The number of carboxylic acid groups (broad SMARTS) is 1. The third-order valence-electron chi connectivity index (χ3n) is 4.74. The summed E-state index contributed by atoms with van der Waals surface area (Å²) in [7, 11) is 0. The number of carboxylic acids is 1. The Balaban J connectivity index is 5.50. The van der Waals surface area contributed by atoms with Gasteiger partial charge in [-0.2, -0.15) is 0 Å². The van der Waals surface area contributed by atoms with E-state index in [1.165, 1.54) is 0 Å². The fraction of sp³-hybridized carbons (Fsp3) is 0.714. The number of primary amides is 2. The molecule has 0 rings (SSSR count). The quantitative estimate of drug-likeness (QED) is 0.129. The number of amides is 5. The number of rotatable bonds is 16. The number of hydrogen-bond donors (Lipinski definition) is 7. The first-order valence-corrected chi connectivity index (χ1v) is 11.1. The summed E-state index contributed by atoms with van der Waals surface area (Å²) in [5.41, 5.74) is 16.0. The van der Waals surface area contributed by atoms with E-state index in [0.29, 0.717) is 0 Å². The van der Waals surface area contributed by atoms with E-state index >= 15 is 0 Å². The van der Waals surface area contributed by atoms with Gasteiger partial charge >= 0.3 is 5.97 Å². The molecule has 194 valence electrons. The maximum atomic E-state index is 12.9. The summed E-state index contributed by atoms with van der Waals surface area (Å²) in [6.45, 7) is 7.16. The van der Waals surface area contributed by atoms with Gasteiger partial charge in [0.05, 0.1) is 12.5 Å². The van der Waals surface area contributed by atoms with E-state index in [2.05, 4.69) is 16.0 Å². The van der Waals surface area contributed by atoms with Crippen LogP contribution in [0.2, 0.25) is 0 Å². The molecule has 10 N–H and O–H groups in total. The summed E-state index contributed by atoms with van der Waals surface area (Å²) in [4.78, 5) is 71.8. The highest BCUT2D eigenvalue weighted by Crippen LogP contribution is 2.09. The summed E-state index contributed by atoms with van der Waals surface area (Å²) in [6.07, 6.45) is -0.399. The predicted octanol–water partition coefficient (Wildman–Crippen LogP) is -1.91. The van der Waals surface area contributed by atoms with Crippen LogP contribution in [0.15, 0.2) is 0 Å². The largest absolute Gasteiger partial charge is 0.480 e. The van der Waals surface area contributed by atoms with E-state index in [0.717, 1.165) is 0 Å². The van der Waals surface area contributed by atoms with Crippen LogP contribution >= 0.6 is 0 Å². The van der Waals surface area contributed by atoms with Crippen molar-refractivity contribution in [2.24, 2.45) is 29.0 Å². The Morgan fingerprint density at radius 2 is 1.15 bits per heavy atom. The lowest BCUT2D eigenvalue weighted by Crippen LogP contribution is -2.58. The molecule has 0 aliphatic carbocycles. The van der Waals surface area contributed by atoms with Crippen LogP contribution in [0, 0.1) is 11.8 Å². The van der Waals surface area contributed by atoms with Gasteiger partial charge in [0.1, 0.15) is 18.1 Å². The smallest absolute Gasteiger partial charge is 0.326 e. The van der Waals surface area contributed by atoms with Gasteiger partial charge in [-0.3, -0.25) is 24.0 Å². The Morgan fingerprint density at radius 1 is 0.706 bits per heavy atom. The van der Waals surface area contributed by atoms with Crippen LogP contribution < -0.4 is 33.2 Å². The minimum absolute atomic E-state index is 0.0175. The van der Waals surface area contributed by atoms with E-state index in [9.17, 15) is 33.9 Å². The van der Waals surface area contributed by atoms with E-state index < -0.39 is 66.1 Å². The number of hydrogen-bond acceptors (Lipinski definition) is 7. The monoisotopic (exact) mass is 486 g/mol. The third kappa shape index (κ3) is 12.7. The molecular weight excluding hydrogens is 448 g/mol. The minimum atomic E-state index is -1.45. The van der Waals surface area contributed by atoms with Gasteiger partial charge in [-0.25, -0.2) is 4.79 Å². The van der Waals surface area contributed by atoms with Crippen molar-refractivity contribution >= 4 is 35.5 Å². The van der Waals surface area contributed by atoms with Crippen LogP contribution in [-0.2, 0) is 28.8 Å². The third-order valence-corrected chi connectivity index (χ3v) is 4.74. The van der Waals surface area contributed by atoms with E-state index in [-0.39, 0.29) is 37.5 Å².